The molecule has 11 rings (SSSR count). The largest absolute Gasteiger partial charge is 0.308 e. The zero-order valence-electron chi connectivity index (χ0n) is 34.0. The molecular weight excluding hydrogens is 769 g/mol. The molecular formula is C57H36N6. The van der Waals surface area contributed by atoms with Crippen molar-refractivity contribution >= 4 is 27.5 Å². The van der Waals surface area contributed by atoms with Crippen LogP contribution in [-0.2, 0) is 0 Å². The monoisotopic (exact) mass is 804 g/mol. The molecule has 11 aromatic rings. The first-order valence-corrected chi connectivity index (χ1v) is 20.8. The highest BCUT2D eigenvalue weighted by molar-refractivity contribution is 6.10. The zero-order valence-corrected chi connectivity index (χ0v) is 34.0. The van der Waals surface area contributed by atoms with Crippen LogP contribution in [0.1, 0.15) is 0 Å². The van der Waals surface area contributed by atoms with Crippen LogP contribution in [-0.4, -0.2) is 24.5 Å². The van der Waals surface area contributed by atoms with Crippen LogP contribution in [0.4, 0.5) is 5.69 Å². The summed E-state index contributed by atoms with van der Waals surface area (Å²) in [5.74, 6) is 1.16. The lowest BCUT2D eigenvalue weighted by atomic mass is 10.0. The molecule has 0 aliphatic heterocycles. The van der Waals surface area contributed by atoms with Gasteiger partial charge in [-0.15, -0.1) is 0 Å². The number of benzene rings is 8. The summed E-state index contributed by atoms with van der Waals surface area (Å²) in [5, 5.41) is 2.24. The van der Waals surface area contributed by atoms with Crippen molar-refractivity contribution in [2.24, 2.45) is 0 Å². The van der Waals surface area contributed by atoms with Crippen molar-refractivity contribution in [2.45, 2.75) is 0 Å². The van der Waals surface area contributed by atoms with Gasteiger partial charge in [-0.2, -0.15) is 0 Å². The molecule has 0 fully saturated rings. The molecule has 0 bridgehead atoms. The van der Waals surface area contributed by atoms with Crippen LogP contribution in [0.2, 0.25) is 0 Å². The molecule has 6 nitrogen and oxygen atoms in total. The maximum absolute atomic E-state index is 7.69. The zero-order chi connectivity index (χ0) is 42.1. The summed E-state index contributed by atoms with van der Waals surface area (Å²) in [6, 6.07) is 74.5. The number of para-hydroxylation sites is 1. The highest BCUT2D eigenvalue weighted by atomic mass is 15.0. The van der Waals surface area contributed by atoms with Gasteiger partial charge < -0.3 is 4.57 Å². The fraction of sp³-hybridized carbons (Fsp3) is 0. The first kappa shape index (κ1) is 37.2. The van der Waals surface area contributed by atoms with Crippen LogP contribution >= 0.6 is 0 Å². The van der Waals surface area contributed by atoms with Gasteiger partial charge in [-0.1, -0.05) is 170 Å². The van der Waals surface area contributed by atoms with Crippen LogP contribution < -0.4 is 0 Å². The Morgan fingerprint density at radius 3 is 1.35 bits per heavy atom. The maximum atomic E-state index is 7.69. The van der Waals surface area contributed by atoms with Crippen molar-refractivity contribution in [3.8, 4) is 84.6 Å². The fourth-order valence-corrected chi connectivity index (χ4v) is 8.39. The van der Waals surface area contributed by atoms with Crippen molar-refractivity contribution in [1.82, 2.24) is 24.5 Å². The molecule has 0 amide bonds. The van der Waals surface area contributed by atoms with Gasteiger partial charge in [-0.25, -0.2) is 24.8 Å². The van der Waals surface area contributed by atoms with E-state index in [1.807, 2.05) is 91.0 Å². The molecule has 8 aromatic carbocycles. The van der Waals surface area contributed by atoms with E-state index >= 15 is 0 Å². The van der Waals surface area contributed by atoms with Crippen molar-refractivity contribution in [3.63, 3.8) is 0 Å². The highest BCUT2D eigenvalue weighted by Gasteiger charge is 2.21. The van der Waals surface area contributed by atoms with Crippen LogP contribution in [0.25, 0.3) is 111 Å². The standard InChI is InChI=1S/C57H36N6/c1-58-45-26-16-25-42(33-45)43-29-31-47-46-27-14-15-28-53(46)63(55(47)35-43)54-32-30-44(56-59-49(38-17-6-2-7-18-38)36-50(60-56)39-19-8-3-9-20-39)34-48(54)57-61-51(40-21-10-4-11-22-40)37-52(62-57)41-23-12-5-13-24-41/h2-37H. The van der Waals surface area contributed by atoms with Crippen molar-refractivity contribution in [3.05, 3.63) is 230 Å². The molecule has 3 heterocycles. The third-order valence-corrected chi connectivity index (χ3v) is 11.4. The number of hydrogen-bond donors (Lipinski definition) is 0. The van der Waals surface area contributed by atoms with E-state index in [0.717, 1.165) is 94.8 Å². The molecule has 0 aliphatic rings. The molecule has 0 saturated carbocycles. The van der Waals surface area contributed by atoms with Crippen molar-refractivity contribution in [1.29, 1.82) is 0 Å². The van der Waals surface area contributed by atoms with E-state index in [4.69, 9.17) is 26.5 Å². The van der Waals surface area contributed by atoms with Gasteiger partial charge in [0.15, 0.2) is 17.3 Å². The van der Waals surface area contributed by atoms with Crippen LogP contribution in [0.5, 0.6) is 0 Å². The van der Waals surface area contributed by atoms with E-state index in [9.17, 15) is 0 Å². The number of nitrogens with zero attached hydrogens (tertiary/aromatic N) is 6. The Labute approximate surface area is 365 Å². The van der Waals surface area contributed by atoms with Gasteiger partial charge in [0, 0.05) is 44.2 Å². The first-order valence-electron chi connectivity index (χ1n) is 20.8. The lowest BCUT2D eigenvalue weighted by Crippen LogP contribution is -2.03. The Balaban J connectivity index is 1.21. The third kappa shape index (κ3) is 7.10. The normalized spacial score (nSPS) is 11.2. The molecule has 0 atom stereocenters. The molecule has 63 heavy (non-hydrogen) atoms. The van der Waals surface area contributed by atoms with E-state index in [-0.39, 0.29) is 0 Å². The quantitative estimate of drug-likeness (QED) is 0.144. The van der Waals surface area contributed by atoms with Crippen molar-refractivity contribution < 1.29 is 0 Å². The molecule has 0 radical (unpaired) electrons. The molecule has 0 saturated heterocycles. The summed E-state index contributed by atoms with van der Waals surface area (Å²) in [6.07, 6.45) is 0. The number of fused-ring (bicyclic) bond motifs is 3. The second kappa shape index (κ2) is 16.0. The molecule has 0 aliphatic carbocycles. The van der Waals surface area contributed by atoms with Crippen LogP contribution in [0.3, 0.4) is 0 Å². The number of aromatic nitrogens is 5. The molecule has 0 spiro atoms. The average molecular weight is 805 g/mol. The van der Waals surface area contributed by atoms with Crippen molar-refractivity contribution in [2.75, 3.05) is 0 Å². The van der Waals surface area contributed by atoms with Gasteiger partial charge in [0.05, 0.1) is 46.1 Å². The van der Waals surface area contributed by atoms with E-state index < -0.39 is 0 Å². The minimum absolute atomic E-state index is 0.571. The lowest BCUT2D eigenvalue weighted by Gasteiger charge is -2.17. The Hall–Kier alpha value is -8.79. The van der Waals surface area contributed by atoms with E-state index in [1.165, 1.54) is 0 Å². The predicted molar refractivity (Wildman–Crippen MR) is 256 cm³/mol. The minimum Gasteiger partial charge on any atom is -0.308 e. The van der Waals surface area contributed by atoms with E-state index in [2.05, 4.69) is 137 Å². The Kier molecular flexibility index (Phi) is 9.45. The van der Waals surface area contributed by atoms with Crippen LogP contribution in [0.15, 0.2) is 218 Å². The van der Waals surface area contributed by atoms with Gasteiger partial charge in [-0.05, 0) is 59.7 Å². The second-order valence-corrected chi connectivity index (χ2v) is 15.4. The fourth-order valence-electron chi connectivity index (χ4n) is 8.39. The van der Waals surface area contributed by atoms with Gasteiger partial charge in [0.25, 0.3) is 0 Å². The molecule has 3 aromatic heterocycles. The molecule has 0 unspecified atom stereocenters. The number of rotatable bonds is 8. The SMILES string of the molecule is [C-]#[N+]c1cccc(-c2ccc3c4ccccc4n(-c4ccc(-c5nc(-c6ccccc6)cc(-c6ccccc6)n5)cc4-c4nc(-c5ccccc5)cc(-c5ccccc5)n4)c3c2)c1. The summed E-state index contributed by atoms with van der Waals surface area (Å²) in [6.45, 7) is 7.69. The predicted octanol–water partition coefficient (Wildman–Crippen LogP) is 14.6. The summed E-state index contributed by atoms with van der Waals surface area (Å²) in [4.78, 5) is 25.0. The van der Waals surface area contributed by atoms with Gasteiger partial charge in [0.2, 0.25) is 0 Å². The summed E-state index contributed by atoms with van der Waals surface area (Å²) < 4.78 is 2.32. The van der Waals surface area contributed by atoms with E-state index in [0.29, 0.717) is 17.3 Å². The topological polar surface area (TPSA) is 60.9 Å². The highest BCUT2D eigenvalue weighted by Crippen LogP contribution is 2.40. The smallest absolute Gasteiger partial charge is 0.187 e. The second-order valence-electron chi connectivity index (χ2n) is 15.4. The van der Waals surface area contributed by atoms with Gasteiger partial charge >= 0.3 is 0 Å². The summed E-state index contributed by atoms with van der Waals surface area (Å²) in [5.41, 5.74) is 14.5. The molecule has 6 heteroatoms. The lowest BCUT2D eigenvalue weighted by molar-refractivity contribution is 1.13. The molecule has 0 N–H and O–H groups in total. The van der Waals surface area contributed by atoms with Crippen LogP contribution in [0, 0.1) is 6.57 Å². The number of hydrogen-bond acceptors (Lipinski definition) is 4. The maximum Gasteiger partial charge on any atom is 0.187 e. The summed E-state index contributed by atoms with van der Waals surface area (Å²) >= 11 is 0. The first-order chi connectivity index (χ1) is 31.2. The minimum atomic E-state index is 0.571. The Morgan fingerprint density at radius 2 is 0.794 bits per heavy atom. The summed E-state index contributed by atoms with van der Waals surface area (Å²) in [7, 11) is 0. The average Bonchev–Trinajstić information content (AvgIpc) is 3.70. The van der Waals surface area contributed by atoms with E-state index in [1.54, 1.807) is 0 Å². The van der Waals surface area contributed by atoms with Gasteiger partial charge in [-0.3, -0.25) is 0 Å². The Morgan fingerprint density at radius 1 is 0.333 bits per heavy atom. The van der Waals surface area contributed by atoms with Gasteiger partial charge in [0.1, 0.15) is 0 Å². The Bertz CT molecular complexity index is 3390. The molecule has 294 valence electrons. The third-order valence-electron chi connectivity index (χ3n) is 11.4.